The molecule has 0 radical (unpaired) electrons. The standard InChI is InChI=1S/C34H43N3O5S/c1-42-31-22-20-30(21-23-31)37(43(2,40)41)24-12-19-33(38)36(26-28-15-8-4-9-16-28)32(25-27-13-6-3-7-14-27)34(39)35-29-17-10-5-11-18-29/h3-4,6-9,13-16,20-23,29,32H,5,10-12,17-19,24-26H2,1-2H3,(H,35,39). The van der Waals surface area contributed by atoms with Gasteiger partial charge in [0, 0.05) is 32.0 Å². The van der Waals surface area contributed by atoms with E-state index in [4.69, 9.17) is 4.74 Å². The molecule has 0 bridgehead atoms. The van der Waals surface area contributed by atoms with Crippen molar-refractivity contribution in [2.45, 2.75) is 70.0 Å². The van der Waals surface area contributed by atoms with Crippen molar-refractivity contribution in [3.63, 3.8) is 0 Å². The number of carbonyl (C=O) groups is 2. The number of carbonyl (C=O) groups excluding carboxylic acids is 2. The molecule has 9 heteroatoms. The van der Waals surface area contributed by atoms with Gasteiger partial charge in [0.15, 0.2) is 0 Å². The maximum absolute atomic E-state index is 14.0. The summed E-state index contributed by atoms with van der Waals surface area (Å²) >= 11 is 0. The summed E-state index contributed by atoms with van der Waals surface area (Å²) < 4.78 is 31.9. The van der Waals surface area contributed by atoms with Gasteiger partial charge in [0.2, 0.25) is 21.8 Å². The normalized spacial score (nSPS) is 14.5. The number of sulfonamides is 1. The molecule has 0 spiro atoms. The molecule has 3 aromatic rings. The smallest absolute Gasteiger partial charge is 0.243 e. The lowest BCUT2D eigenvalue weighted by molar-refractivity contribution is -0.141. The fourth-order valence-corrected chi connectivity index (χ4v) is 6.60. The van der Waals surface area contributed by atoms with Crippen LogP contribution >= 0.6 is 0 Å². The first kappa shape index (κ1) is 32.1. The van der Waals surface area contributed by atoms with Crippen LogP contribution < -0.4 is 14.4 Å². The lowest BCUT2D eigenvalue weighted by atomic mass is 9.94. The number of hydrogen-bond acceptors (Lipinski definition) is 5. The van der Waals surface area contributed by atoms with Gasteiger partial charge in [0.1, 0.15) is 11.8 Å². The van der Waals surface area contributed by atoms with E-state index in [2.05, 4.69) is 5.32 Å². The minimum atomic E-state index is -3.59. The van der Waals surface area contributed by atoms with Crippen LogP contribution in [0.15, 0.2) is 84.9 Å². The van der Waals surface area contributed by atoms with Crippen LogP contribution in [0.3, 0.4) is 0 Å². The van der Waals surface area contributed by atoms with Crippen molar-refractivity contribution in [2.24, 2.45) is 0 Å². The first-order chi connectivity index (χ1) is 20.7. The first-order valence-electron chi connectivity index (χ1n) is 15.0. The molecule has 0 heterocycles. The van der Waals surface area contributed by atoms with Crippen LogP contribution in [0.25, 0.3) is 0 Å². The third kappa shape index (κ3) is 9.58. The maximum atomic E-state index is 14.0. The summed E-state index contributed by atoms with van der Waals surface area (Å²) in [5, 5.41) is 3.25. The number of amides is 2. The van der Waals surface area contributed by atoms with Gasteiger partial charge < -0.3 is 15.0 Å². The van der Waals surface area contributed by atoms with Gasteiger partial charge in [-0.3, -0.25) is 13.9 Å². The van der Waals surface area contributed by atoms with Crippen molar-refractivity contribution < 1.29 is 22.7 Å². The second-order valence-electron chi connectivity index (χ2n) is 11.2. The van der Waals surface area contributed by atoms with Gasteiger partial charge >= 0.3 is 0 Å². The molecule has 3 aromatic carbocycles. The second-order valence-corrected chi connectivity index (χ2v) is 13.1. The van der Waals surface area contributed by atoms with Gasteiger partial charge in [0.05, 0.1) is 19.1 Å². The van der Waals surface area contributed by atoms with Crippen molar-refractivity contribution >= 4 is 27.5 Å². The Morgan fingerprint density at radius 1 is 0.884 bits per heavy atom. The average Bonchev–Trinajstić information content (AvgIpc) is 3.02. The minimum Gasteiger partial charge on any atom is -0.497 e. The van der Waals surface area contributed by atoms with E-state index < -0.39 is 16.1 Å². The Bertz CT molecular complexity index is 1410. The third-order valence-corrected chi connectivity index (χ3v) is 9.13. The van der Waals surface area contributed by atoms with Crippen LogP contribution in [-0.2, 0) is 32.6 Å². The number of nitrogens with one attached hydrogen (secondary N) is 1. The molecule has 0 aliphatic heterocycles. The van der Waals surface area contributed by atoms with Crippen molar-refractivity contribution in [1.29, 1.82) is 0 Å². The number of benzene rings is 3. The zero-order valence-corrected chi connectivity index (χ0v) is 26.0. The van der Waals surface area contributed by atoms with E-state index in [9.17, 15) is 18.0 Å². The van der Waals surface area contributed by atoms with E-state index in [1.807, 2.05) is 60.7 Å². The SMILES string of the molecule is COc1ccc(N(CCCC(=O)N(Cc2ccccc2)C(Cc2ccccc2)C(=O)NC2CCCCC2)S(C)(=O)=O)cc1. The van der Waals surface area contributed by atoms with E-state index in [1.165, 1.54) is 10.7 Å². The molecule has 0 saturated heterocycles. The van der Waals surface area contributed by atoms with Gasteiger partial charge in [0.25, 0.3) is 0 Å². The van der Waals surface area contributed by atoms with Crippen molar-refractivity contribution in [3.05, 3.63) is 96.1 Å². The van der Waals surface area contributed by atoms with Gasteiger partial charge in [-0.15, -0.1) is 0 Å². The Hall–Kier alpha value is -3.85. The minimum absolute atomic E-state index is 0.0943. The van der Waals surface area contributed by atoms with E-state index in [0.717, 1.165) is 43.1 Å². The Morgan fingerprint density at radius 2 is 1.49 bits per heavy atom. The largest absolute Gasteiger partial charge is 0.497 e. The fraction of sp³-hybridized carbons (Fsp3) is 0.412. The molecule has 1 atom stereocenters. The van der Waals surface area contributed by atoms with Gasteiger partial charge in [-0.05, 0) is 54.7 Å². The molecule has 230 valence electrons. The lowest BCUT2D eigenvalue weighted by Crippen LogP contribution is -2.52. The molecule has 1 fully saturated rings. The van der Waals surface area contributed by atoms with Crippen LogP contribution in [0.5, 0.6) is 5.75 Å². The molecule has 1 saturated carbocycles. The molecule has 1 unspecified atom stereocenters. The molecule has 1 N–H and O–H groups in total. The van der Waals surface area contributed by atoms with Crippen molar-refractivity contribution in [2.75, 3.05) is 24.2 Å². The quantitative estimate of drug-likeness (QED) is 0.268. The number of nitrogens with zero attached hydrogens (tertiary/aromatic N) is 2. The van der Waals surface area contributed by atoms with Crippen molar-refractivity contribution in [1.82, 2.24) is 10.2 Å². The Labute approximate surface area is 256 Å². The number of rotatable bonds is 14. The molecule has 1 aliphatic rings. The predicted octanol–water partition coefficient (Wildman–Crippen LogP) is 5.33. The molecular weight excluding hydrogens is 562 g/mol. The number of ether oxygens (including phenoxy) is 1. The highest BCUT2D eigenvalue weighted by molar-refractivity contribution is 7.92. The maximum Gasteiger partial charge on any atom is 0.243 e. The van der Waals surface area contributed by atoms with E-state index in [1.54, 1.807) is 36.3 Å². The fourth-order valence-electron chi connectivity index (χ4n) is 5.63. The van der Waals surface area contributed by atoms with Gasteiger partial charge in [-0.25, -0.2) is 8.42 Å². The third-order valence-electron chi connectivity index (χ3n) is 7.93. The monoisotopic (exact) mass is 605 g/mol. The van der Waals surface area contributed by atoms with Crippen LogP contribution in [0.1, 0.15) is 56.1 Å². The van der Waals surface area contributed by atoms with E-state index in [-0.39, 0.29) is 37.4 Å². The summed E-state index contributed by atoms with van der Waals surface area (Å²) in [4.78, 5) is 29.6. The molecule has 4 rings (SSSR count). The van der Waals surface area contributed by atoms with E-state index in [0.29, 0.717) is 24.3 Å². The molecular formula is C34H43N3O5S. The number of anilines is 1. The highest BCUT2D eigenvalue weighted by atomic mass is 32.2. The van der Waals surface area contributed by atoms with Crippen LogP contribution in [-0.4, -0.2) is 57.1 Å². The molecule has 43 heavy (non-hydrogen) atoms. The summed E-state index contributed by atoms with van der Waals surface area (Å²) in [7, 11) is -2.04. The second kappa shape index (κ2) is 15.6. The molecule has 8 nitrogen and oxygen atoms in total. The predicted molar refractivity (Wildman–Crippen MR) is 170 cm³/mol. The average molecular weight is 606 g/mol. The van der Waals surface area contributed by atoms with Crippen LogP contribution in [0.4, 0.5) is 5.69 Å². The summed E-state index contributed by atoms with van der Waals surface area (Å²) in [6.45, 7) is 0.414. The topological polar surface area (TPSA) is 96.0 Å². The molecule has 0 aromatic heterocycles. The number of methoxy groups -OCH3 is 1. The van der Waals surface area contributed by atoms with Crippen LogP contribution in [0, 0.1) is 0 Å². The van der Waals surface area contributed by atoms with Gasteiger partial charge in [-0.2, -0.15) is 0 Å². The van der Waals surface area contributed by atoms with Gasteiger partial charge in [-0.1, -0.05) is 79.9 Å². The summed E-state index contributed by atoms with van der Waals surface area (Å²) in [5.41, 5.74) is 2.40. The van der Waals surface area contributed by atoms with Crippen LogP contribution in [0.2, 0.25) is 0 Å². The summed E-state index contributed by atoms with van der Waals surface area (Å²) in [5.74, 6) is 0.294. The zero-order valence-electron chi connectivity index (χ0n) is 25.2. The molecule has 2 amide bonds. The van der Waals surface area contributed by atoms with Crippen molar-refractivity contribution in [3.8, 4) is 5.75 Å². The lowest BCUT2D eigenvalue weighted by Gasteiger charge is -2.34. The Kier molecular flexibility index (Phi) is 11.6. The van der Waals surface area contributed by atoms with E-state index >= 15 is 0 Å². The first-order valence-corrected chi connectivity index (χ1v) is 16.9. The summed E-state index contributed by atoms with van der Waals surface area (Å²) in [6, 6.07) is 25.6. The Morgan fingerprint density at radius 3 is 2.07 bits per heavy atom. The summed E-state index contributed by atoms with van der Waals surface area (Å²) in [6.07, 6.45) is 7.19. The highest BCUT2D eigenvalue weighted by Crippen LogP contribution is 2.23. The highest BCUT2D eigenvalue weighted by Gasteiger charge is 2.32. The number of hydrogen-bond donors (Lipinski definition) is 1. The Balaban J connectivity index is 1.56. The molecule has 1 aliphatic carbocycles. The zero-order chi connectivity index (χ0) is 30.7.